The summed E-state index contributed by atoms with van der Waals surface area (Å²) in [6.45, 7) is 0. The number of amides is 2. The van der Waals surface area contributed by atoms with Crippen LogP contribution in [-0.4, -0.2) is 17.4 Å². The van der Waals surface area contributed by atoms with Crippen LogP contribution in [0.3, 0.4) is 0 Å². The van der Waals surface area contributed by atoms with Crippen molar-refractivity contribution in [1.29, 1.82) is 0 Å². The highest BCUT2D eigenvalue weighted by Crippen LogP contribution is 2.28. The number of nitrogens with two attached hydrogens (primary N) is 1. The molecule has 23 heavy (non-hydrogen) atoms. The monoisotopic (exact) mass is 329 g/mol. The first-order chi connectivity index (χ1) is 11.1. The van der Waals surface area contributed by atoms with Crippen LogP contribution in [0.25, 0.3) is 0 Å². The Balaban J connectivity index is 1.68. The number of benzene rings is 1. The van der Waals surface area contributed by atoms with Gasteiger partial charge in [0.15, 0.2) is 0 Å². The minimum atomic E-state index is -0.768. The second-order valence-electron chi connectivity index (χ2n) is 5.83. The van der Waals surface area contributed by atoms with E-state index in [1.54, 1.807) is 30.3 Å². The van der Waals surface area contributed by atoms with Crippen molar-refractivity contribution in [2.24, 2.45) is 5.73 Å². The minimum absolute atomic E-state index is 0.156. The van der Waals surface area contributed by atoms with E-state index in [-0.39, 0.29) is 11.8 Å². The van der Waals surface area contributed by atoms with Gasteiger partial charge in [-0.3, -0.25) is 9.59 Å². The molecule has 2 aromatic rings. The van der Waals surface area contributed by atoms with Gasteiger partial charge in [0.25, 0.3) is 5.91 Å². The van der Waals surface area contributed by atoms with Crippen LogP contribution in [0.1, 0.15) is 35.4 Å². The summed E-state index contributed by atoms with van der Waals surface area (Å²) in [7, 11) is 0. The normalized spacial score (nSPS) is 16.0. The van der Waals surface area contributed by atoms with E-state index >= 15 is 0 Å². The number of carbonyl (C=O) groups excluding carboxylic acids is 2. The molecule has 5 nitrogen and oxygen atoms in total. The molecule has 0 spiro atoms. The molecule has 1 aromatic heterocycles. The van der Waals surface area contributed by atoms with Gasteiger partial charge in [-0.15, -0.1) is 11.3 Å². The van der Waals surface area contributed by atoms with Gasteiger partial charge in [0.05, 0.1) is 10.4 Å². The lowest BCUT2D eigenvalue weighted by atomic mass is 9.98. The molecule has 1 aliphatic rings. The third-order valence-electron chi connectivity index (χ3n) is 4.07. The van der Waals surface area contributed by atoms with Crippen LogP contribution >= 0.6 is 11.3 Å². The van der Waals surface area contributed by atoms with Gasteiger partial charge in [0, 0.05) is 11.4 Å². The molecule has 6 heteroatoms. The summed E-state index contributed by atoms with van der Waals surface area (Å²) in [5, 5.41) is 7.54. The summed E-state index contributed by atoms with van der Waals surface area (Å²) in [6, 6.07) is 10.7. The van der Waals surface area contributed by atoms with Gasteiger partial charge in [-0.05, 0) is 42.5 Å². The van der Waals surface area contributed by atoms with Crippen LogP contribution in [0.2, 0.25) is 0 Å². The highest BCUT2D eigenvalue weighted by atomic mass is 32.1. The first-order valence-corrected chi connectivity index (χ1v) is 8.50. The lowest BCUT2D eigenvalue weighted by molar-refractivity contribution is -0.121. The summed E-state index contributed by atoms with van der Waals surface area (Å²) in [4.78, 5) is 25.0. The molecule has 0 aliphatic heterocycles. The number of rotatable bonds is 4. The Morgan fingerprint density at radius 3 is 2.39 bits per heavy atom. The van der Waals surface area contributed by atoms with Crippen LogP contribution in [-0.2, 0) is 4.79 Å². The number of carbonyl (C=O) groups is 2. The molecule has 2 amide bonds. The van der Waals surface area contributed by atoms with Crippen molar-refractivity contribution in [2.75, 3.05) is 10.6 Å². The predicted octanol–water partition coefficient (Wildman–Crippen LogP) is 3.21. The van der Waals surface area contributed by atoms with Gasteiger partial charge >= 0.3 is 0 Å². The van der Waals surface area contributed by atoms with Crippen molar-refractivity contribution < 1.29 is 9.59 Å². The van der Waals surface area contributed by atoms with Gasteiger partial charge in [-0.1, -0.05) is 25.0 Å². The molecule has 0 bridgehead atoms. The summed E-state index contributed by atoms with van der Waals surface area (Å²) < 4.78 is 0. The standard InChI is InChI=1S/C17H19N3O2S/c18-17(8-1-2-9-17)16(22)20-13-6-3-5-12(11-13)19-15(21)14-7-4-10-23-14/h3-7,10-11H,1-2,8-9,18H2,(H,19,21)(H,20,22). The molecule has 4 N–H and O–H groups in total. The number of anilines is 2. The first kappa shape index (κ1) is 15.7. The topological polar surface area (TPSA) is 84.2 Å². The van der Waals surface area contributed by atoms with Crippen LogP contribution in [0, 0.1) is 0 Å². The van der Waals surface area contributed by atoms with E-state index in [2.05, 4.69) is 10.6 Å². The van der Waals surface area contributed by atoms with Crippen molar-refractivity contribution >= 4 is 34.5 Å². The third kappa shape index (κ3) is 3.60. The maximum absolute atomic E-state index is 12.3. The largest absolute Gasteiger partial charge is 0.324 e. The van der Waals surface area contributed by atoms with Crippen molar-refractivity contribution in [2.45, 2.75) is 31.2 Å². The zero-order valence-corrected chi connectivity index (χ0v) is 13.5. The molecule has 1 heterocycles. The Kier molecular flexibility index (Phi) is 4.45. The van der Waals surface area contributed by atoms with E-state index in [4.69, 9.17) is 5.73 Å². The van der Waals surface area contributed by atoms with E-state index in [0.29, 0.717) is 29.1 Å². The van der Waals surface area contributed by atoms with E-state index in [1.807, 2.05) is 11.4 Å². The summed E-state index contributed by atoms with van der Waals surface area (Å²) in [5.74, 6) is -0.314. The van der Waals surface area contributed by atoms with Gasteiger partial charge < -0.3 is 16.4 Å². The molecule has 0 unspecified atom stereocenters. The van der Waals surface area contributed by atoms with Gasteiger partial charge in [0.2, 0.25) is 5.91 Å². The second kappa shape index (κ2) is 6.52. The molecular weight excluding hydrogens is 310 g/mol. The smallest absolute Gasteiger partial charge is 0.265 e. The van der Waals surface area contributed by atoms with Crippen LogP contribution in [0.4, 0.5) is 11.4 Å². The maximum atomic E-state index is 12.3. The Bertz CT molecular complexity index is 706. The fraction of sp³-hybridized carbons (Fsp3) is 0.294. The van der Waals surface area contributed by atoms with Crippen molar-refractivity contribution in [3.8, 4) is 0 Å². The Hall–Kier alpha value is -2.18. The molecule has 0 atom stereocenters. The number of thiophene rings is 1. The Morgan fingerprint density at radius 2 is 1.74 bits per heavy atom. The highest BCUT2D eigenvalue weighted by molar-refractivity contribution is 7.12. The van der Waals surface area contributed by atoms with Crippen LogP contribution in [0.5, 0.6) is 0 Å². The maximum Gasteiger partial charge on any atom is 0.265 e. The molecule has 1 saturated carbocycles. The molecule has 3 rings (SSSR count). The van der Waals surface area contributed by atoms with Crippen LogP contribution in [0.15, 0.2) is 41.8 Å². The predicted molar refractivity (Wildman–Crippen MR) is 92.7 cm³/mol. The summed E-state index contributed by atoms with van der Waals surface area (Å²) in [5.41, 5.74) is 6.66. The molecular formula is C17H19N3O2S. The molecule has 120 valence electrons. The SMILES string of the molecule is NC1(C(=O)Nc2cccc(NC(=O)c3cccs3)c2)CCCC1. The van der Waals surface area contributed by atoms with Crippen molar-refractivity contribution in [3.05, 3.63) is 46.7 Å². The van der Waals surface area contributed by atoms with Crippen LogP contribution < -0.4 is 16.4 Å². The second-order valence-corrected chi connectivity index (χ2v) is 6.78. The first-order valence-electron chi connectivity index (χ1n) is 7.62. The summed E-state index contributed by atoms with van der Waals surface area (Å²) in [6.07, 6.45) is 3.41. The average Bonchev–Trinajstić information content (AvgIpc) is 3.19. The van der Waals surface area contributed by atoms with E-state index in [0.717, 1.165) is 12.8 Å². The zero-order valence-electron chi connectivity index (χ0n) is 12.7. The Morgan fingerprint density at radius 1 is 1.04 bits per heavy atom. The van der Waals surface area contributed by atoms with Gasteiger partial charge in [0.1, 0.15) is 0 Å². The highest BCUT2D eigenvalue weighted by Gasteiger charge is 2.36. The lowest BCUT2D eigenvalue weighted by Gasteiger charge is -2.22. The minimum Gasteiger partial charge on any atom is -0.324 e. The molecule has 0 saturated heterocycles. The van der Waals surface area contributed by atoms with E-state index < -0.39 is 5.54 Å². The summed E-state index contributed by atoms with van der Waals surface area (Å²) >= 11 is 1.38. The molecule has 1 aliphatic carbocycles. The van der Waals surface area contributed by atoms with E-state index in [1.165, 1.54) is 11.3 Å². The molecule has 1 fully saturated rings. The van der Waals surface area contributed by atoms with Crippen molar-refractivity contribution in [1.82, 2.24) is 0 Å². The number of hydrogen-bond acceptors (Lipinski definition) is 4. The van der Waals surface area contributed by atoms with Crippen molar-refractivity contribution in [3.63, 3.8) is 0 Å². The fourth-order valence-corrected chi connectivity index (χ4v) is 3.38. The van der Waals surface area contributed by atoms with Gasteiger partial charge in [-0.2, -0.15) is 0 Å². The van der Waals surface area contributed by atoms with Gasteiger partial charge in [-0.25, -0.2) is 0 Å². The molecule has 0 radical (unpaired) electrons. The molecule has 1 aromatic carbocycles. The van der Waals surface area contributed by atoms with E-state index in [9.17, 15) is 9.59 Å². The number of nitrogens with one attached hydrogen (secondary N) is 2. The lowest BCUT2D eigenvalue weighted by Crippen LogP contribution is -2.48. The fourth-order valence-electron chi connectivity index (χ4n) is 2.76. The zero-order chi connectivity index (χ0) is 16.3. The Labute approximate surface area is 138 Å². The number of hydrogen-bond donors (Lipinski definition) is 3. The average molecular weight is 329 g/mol. The quantitative estimate of drug-likeness (QED) is 0.805. The third-order valence-corrected chi connectivity index (χ3v) is 4.94.